The van der Waals surface area contributed by atoms with E-state index in [9.17, 15) is 4.79 Å². The van der Waals surface area contributed by atoms with Crippen LogP contribution < -0.4 is 5.32 Å². The molecule has 1 saturated carbocycles. The largest absolute Gasteiger partial charge is 0.420 e. The van der Waals surface area contributed by atoms with Crippen LogP contribution in [0.5, 0.6) is 0 Å². The molecule has 0 unspecified atom stereocenters. The SMILES string of the molecule is O=C(NCC1CCC(c2nnc(-c3ccsc3)o2)CC1)c1csc2ccccc12. The van der Waals surface area contributed by atoms with E-state index >= 15 is 0 Å². The van der Waals surface area contributed by atoms with Gasteiger partial charge in [0.2, 0.25) is 11.8 Å². The smallest absolute Gasteiger partial charge is 0.252 e. The summed E-state index contributed by atoms with van der Waals surface area (Å²) in [5.74, 6) is 2.21. The Morgan fingerprint density at radius 3 is 2.79 bits per heavy atom. The first kappa shape index (κ1) is 18.5. The van der Waals surface area contributed by atoms with Gasteiger partial charge < -0.3 is 9.73 Å². The van der Waals surface area contributed by atoms with Crippen LogP contribution in [-0.2, 0) is 0 Å². The second-order valence-corrected chi connectivity index (χ2v) is 9.22. The highest BCUT2D eigenvalue weighted by molar-refractivity contribution is 7.17. The van der Waals surface area contributed by atoms with E-state index in [4.69, 9.17) is 4.42 Å². The summed E-state index contributed by atoms with van der Waals surface area (Å²) in [5, 5.41) is 18.6. The van der Waals surface area contributed by atoms with E-state index in [0.29, 0.717) is 17.7 Å². The number of amides is 1. The average molecular weight is 424 g/mol. The second-order valence-electron chi connectivity index (χ2n) is 7.53. The number of rotatable bonds is 5. The van der Waals surface area contributed by atoms with Gasteiger partial charge in [0.1, 0.15) is 0 Å². The summed E-state index contributed by atoms with van der Waals surface area (Å²) >= 11 is 3.24. The van der Waals surface area contributed by atoms with Gasteiger partial charge in [-0.1, -0.05) is 18.2 Å². The zero-order valence-corrected chi connectivity index (χ0v) is 17.5. The van der Waals surface area contributed by atoms with E-state index < -0.39 is 0 Å². The molecular formula is C22H21N3O2S2. The minimum atomic E-state index is 0.0295. The molecule has 1 fully saturated rings. The summed E-state index contributed by atoms with van der Waals surface area (Å²) in [4.78, 5) is 12.6. The lowest BCUT2D eigenvalue weighted by Crippen LogP contribution is -2.31. The molecule has 0 aliphatic heterocycles. The Balaban J connectivity index is 1.15. The third kappa shape index (κ3) is 3.84. The predicted octanol–water partition coefficient (Wildman–Crippen LogP) is 5.72. The van der Waals surface area contributed by atoms with Crippen LogP contribution in [0.15, 0.2) is 50.9 Å². The summed E-state index contributed by atoms with van der Waals surface area (Å²) < 4.78 is 7.06. The average Bonchev–Trinajstić information content (AvgIpc) is 3.52. The molecule has 29 heavy (non-hydrogen) atoms. The fourth-order valence-corrected chi connectivity index (χ4v) is 5.57. The molecule has 5 rings (SSSR count). The Morgan fingerprint density at radius 1 is 1.10 bits per heavy atom. The normalized spacial score (nSPS) is 19.4. The lowest BCUT2D eigenvalue weighted by atomic mass is 9.82. The monoisotopic (exact) mass is 423 g/mol. The quantitative estimate of drug-likeness (QED) is 0.446. The zero-order valence-electron chi connectivity index (χ0n) is 15.8. The van der Waals surface area contributed by atoms with Gasteiger partial charge in [-0.2, -0.15) is 11.3 Å². The molecule has 1 aliphatic rings. The fourth-order valence-electron chi connectivity index (χ4n) is 4.00. The summed E-state index contributed by atoms with van der Waals surface area (Å²) in [6.07, 6.45) is 4.16. The van der Waals surface area contributed by atoms with Gasteiger partial charge in [0.15, 0.2) is 0 Å². The highest BCUT2D eigenvalue weighted by Crippen LogP contribution is 2.36. The first-order chi connectivity index (χ1) is 14.3. The van der Waals surface area contributed by atoms with E-state index in [1.165, 1.54) is 0 Å². The molecule has 4 aromatic rings. The molecule has 1 aliphatic carbocycles. The van der Waals surface area contributed by atoms with Crippen LogP contribution in [0.2, 0.25) is 0 Å². The highest BCUT2D eigenvalue weighted by Gasteiger charge is 2.27. The van der Waals surface area contributed by atoms with Crippen LogP contribution in [0.3, 0.4) is 0 Å². The van der Waals surface area contributed by atoms with E-state index in [1.54, 1.807) is 22.7 Å². The first-order valence-corrected chi connectivity index (χ1v) is 11.7. The summed E-state index contributed by atoms with van der Waals surface area (Å²) in [5.41, 5.74) is 1.78. The van der Waals surface area contributed by atoms with Gasteiger partial charge in [-0.05, 0) is 49.1 Å². The van der Waals surface area contributed by atoms with E-state index in [2.05, 4.69) is 21.6 Å². The molecule has 1 N–H and O–H groups in total. The number of benzene rings is 1. The van der Waals surface area contributed by atoms with Crippen molar-refractivity contribution >= 4 is 38.7 Å². The van der Waals surface area contributed by atoms with Crippen LogP contribution in [0.25, 0.3) is 21.5 Å². The van der Waals surface area contributed by atoms with Gasteiger partial charge in [-0.3, -0.25) is 4.79 Å². The fraction of sp³-hybridized carbons (Fsp3) is 0.318. The molecule has 0 bridgehead atoms. The van der Waals surface area contributed by atoms with Crippen molar-refractivity contribution in [3.8, 4) is 11.5 Å². The molecular weight excluding hydrogens is 402 g/mol. The van der Waals surface area contributed by atoms with Crippen molar-refractivity contribution in [1.29, 1.82) is 0 Å². The Morgan fingerprint density at radius 2 is 1.97 bits per heavy atom. The van der Waals surface area contributed by atoms with Gasteiger partial charge in [-0.25, -0.2) is 0 Å². The first-order valence-electron chi connectivity index (χ1n) is 9.88. The Labute approximate surface area is 176 Å². The van der Waals surface area contributed by atoms with Crippen LogP contribution in [0.1, 0.15) is 47.8 Å². The van der Waals surface area contributed by atoms with Gasteiger partial charge in [-0.15, -0.1) is 21.5 Å². The van der Waals surface area contributed by atoms with Gasteiger partial charge in [0, 0.05) is 38.9 Å². The van der Waals surface area contributed by atoms with Crippen LogP contribution in [0, 0.1) is 5.92 Å². The molecule has 5 nitrogen and oxygen atoms in total. The number of carbonyl (C=O) groups excluding carboxylic acids is 1. The minimum Gasteiger partial charge on any atom is -0.420 e. The summed E-state index contributed by atoms with van der Waals surface area (Å²) in [7, 11) is 0. The Hall–Kier alpha value is -2.51. The minimum absolute atomic E-state index is 0.0295. The van der Waals surface area contributed by atoms with Crippen LogP contribution in [0.4, 0.5) is 0 Å². The van der Waals surface area contributed by atoms with Crippen molar-refractivity contribution in [1.82, 2.24) is 15.5 Å². The molecule has 0 spiro atoms. The summed E-state index contributed by atoms with van der Waals surface area (Å²) in [6, 6.07) is 10.1. The molecule has 0 saturated heterocycles. The molecule has 148 valence electrons. The Kier molecular flexibility index (Phi) is 5.16. The number of nitrogens with zero attached hydrogens (tertiary/aromatic N) is 2. The number of thiophene rings is 2. The van der Waals surface area contributed by atoms with Crippen molar-refractivity contribution < 1.29 is 9.21 Å². The van der Waals surface area contributed by atoms with Crippen molar-refractivity contribution in [3.05, 3.63) is 57.9 Å². The van der Waals surface area contributed by atoms with E-state index in [1.807, 2.05) is 40.4 Å². The van der Waals surface area contributed by atoms with Crippen molar-refractivity contribution in [3.63, 3.8) is 0 Å². The highest BCUT2D eigenvalue weighted by atomic mass is 32.1. The number of fused-ring (bicyclic) bond motifs is 1. The molecule has 3 heterocycles. The number of carbonyl (C=O) groups is 1. The van der Waals surface area contributed by atoms with Gasteiger partial charge >= 0.3 is 0 Å². The van der Waals surface area contributed by atoms with Gasteiger partial charge in [0.25, 0.3) is 5.91 Å². The Bertz CT molecular complexity index is 1110. The lowest BCUT2D eigenvalue weighted by Gasteiger charge is -2.26. The maximum absolute atomic E-state index is 12.6. The van der Waals surface area contributed by atoms with Gasteiger partial charge in [0.05, 0.1) is 5.56 Å². The third-order valence-electron chi connectivity index (χ3n) is 5.68. The predicted molar refractivity (Wildman–Crippen MR) is 116 cm³/mol. The molecule has 0 radical (unpaired) electrons. The summed E-state index contributed by atoms with van der Waals surface area (Å²) in [6.45, 7) is 0.722. The van der Waals surface area contributed by atoms with Crippen molar-refractivity contribution in [2.45, 2.75) is 31.6 Å². The number of aromatic nitrogens is 2. The standard InChI is InChI=1S/C22H21N3O2S2/c26-20(18-13-29-19-4-2-1-3-17(18)19)23-11-14-5-7-15(8-6-14)21-24-25-22(27-21)16-9-10-28-12-16/h1-4,9-10,12-15H,5-8,11H2,(H,23,26). The van der Waals surface area contributed by atoms with Crippen molar-refractivity contribution in [2.75, 3.05) is 6.54 Å². The molecule has 0 atom stereocenters. The third-order valence-corrected chi connectivity index (χ3v) is 7.33. The van der Waals surface area contributed by atoms with Crippen molar-refractivity contribution in [2.24, 2.45) is 5.92 Å². The molecule has 1 aromatic carbocycles. The number of hydrogen-bond donors (Lipinski definition) is 1. The van der Waals surface area contributed by atoms with E-state index in [-0.39, 0.29) is 5.91 Å². The molecule has 7 heteroatoms. The van der Waals surface area contributed by atoms with Crippen LogP contribution >= 0.6 is 22.7 Å². The maximum Gasteiger partial charge on any atom is 0.252 e. The number of nitrogens with one attached hydrogen (secondary N) is 1. The number of hydrogen-bond acceptors (Lipinski definition) is 6. The molecule has 3 aromatic heterocycles. The maximum atomic E-state index is 12.6. The topological polar surface area (TPSA) is 68.0 Å². The second kappa shape index (κ2) is 8.08. The molecule has 1 amide bonds. The zero-order chi connectivity index (χ0) is 19.6. The van der Waals surface area contributed by atoms with Crippen LogP contribution in [-0.4, -0.2) is 22.6 Å². The lowest BCUT2D eigenvalue weighted by molar-refractivity contribution is 0.0944. The van der Waals surface area contributed by atoms with E-state index in [0.717, 1.165) is 59.3 Å².